The van der Waals surface area contributed by atoms with Crippen LogP contribution in [-0.4, -0.2) is 48.8 Å². The summed E-state index contributed by atoms with van der Waals surface area (Å²) in [4.78, 5) is 14.9. The van der Waals surface area contributed by atoms with Gasteiger partial charge < -0.3 is 9.47 Å². The van der Waals surface area contributed by atoms with E-state index in [9.17, 15) is 4.79 Å². The number of para-hydroxylation sites is 2. The number of rotatable bonds is 5. The molecule has 1 saturated heterocycles. The molecular formula is C24H27N5OS. The quantitative estimate of drug-likeness (QED) is 0.440. The minimum atomic E-state index is 0.188. The molecule has 160 valence electrons. The number of imidazole rings is 1. The Bertz CT molecular complexity index is 1200. The van der Waals surface area contributed by atoms with Gasteiger partial charge in [-0.2, -0.15) is 0 Å². The number of piperidine rings is 1. The Kier molecular flexibility index (Phi) is 5.44. The molecule has 7 heteroatoms. The van der Waals surface area contributed by atoms with Crippen LogP contribution in [-0.2, 0) is 11.3 Å². The lowest BCUT2D eigenvalue weighted by atomic mass is 9.92. The number of carbonyl (C=O) groups excluding carboxylic acids is 1. The van der Waals surface area contributed by atoms with Crippen LogP contribution in [0.15, 0.2) is 59.8 Å². The third-order valence-electron chi connectivity index (χ3n) is 6.00. The molecule has 0 saturated carbocycles. The van der Waals surface area contributed by atoms with Crippen molar-refractivity contribution >= 4 is 34.5 Å². The lowest BCUT2D eigenvalue weighted by Crippen LogP contribution is -2.43. The summed E-state index contributed by atoms with van der Waals surface area (Å²) in [6.45, 7) is 6.90. The van der Waals surface area contributed by atoms with Crippen molar-refractivity contribution in [2.24, 2.45) is 11.8 Å². The van der Waals surface area contributed by atoms with Crippen molar-refractivity contribution in [3.63, 3.8) is 0 Å². The molecule has 0 N–H and O–H groups in total. The molecular weight excluding hydrogens is 406 g/mol. The van der Waals surface area contributed by atoms with Gasteiger partial charge in [0.15, 0.2) is 5.16 Å². The predicted molar refractivity (Wildman–Crippen MR) is 124 cm³/mol. The highest BCUT2D eigenvalue weighted by atomic mass is 32.2. The summed E-state index contributed by atoms with van der Waals surface area (Å²) < 4.78 is 4.27. The van der Waals surface area contributed by atoms with Crippen molar-refractivity contribution in [2.45, 2.75) is 32.0 Å². The first-order valence-electron chi connectivity index (χ1n) is 10.9. The minimum Gasteiger partial charge on any atom is -0.341 e. The van der Waals surface area contributed by atoms with Gasteiger partial charge in [0.2, 0.25) is 11.7 Å². The highest BCUT2D eigenvalue weighted by Gasteiger charge is 2.26. The van der Waals surface area contributed by atoms with Gasteiger partial charge in [0.25, 0.3) is 0 Å². The van der Waals surface area contributed by atoms with Gasteiger partial charge in [0.05, 0.1) is 23.3 Å². The largest absolute Gasteiger partial charge is 0.341 e. The summed E-state index contributed by atoms with van der Waals surface area (Å²) in [6, 6.07) is 18.7. The number of thioether (sulfide) groups is 1. The Hall–Kier alpha value is -2.80. The molecule has 5 rings (SSSR count). The maximum absolute atomic E-state index is 12.9. The predicted octanol–water partition coefficient (Wildman–Crippen LogP) is 4.33. The third-order valence-corrected chi connectivity index (χ3v) is 6.91. The Morgan fingerprint density at radius 3 is 2.39 bits per heavy atom. The molecule has 0 spiro atoms. The second kappa shape index (κ2) is 8.38. The Labute approximate surface area is 186 Å². The van der Waals surface area contributed by atoms with E-state index in [1.165, 1.54) is 23.7 Å². The number of benzene rings is 2. The van der Waals surface area contributed by atoms with Crippen LogP contribution in [0.4, 0.5) is 0 Å². The zero-order valence-corrected chi connectivity index (χ0v) is 18.8. The number of fused-ring (bicyclic) bond motifs is 3. The number of nitrogens with zero attached hydrogens (tertiary/aromatic N) is 5. The molecule has 3 heterocycles. The first-order valence-corrected chi connectivity index (χ1v) is 11.9. The van der Waals surface area contributed by atoms with Crippen LogP contribution >= 0.6 is 11.8 Å². The molecule has 1 amide bonds. The van der Waals surface area contributed by atoms with Gasteiger partial charge in [0, 0.05) is 13.1 Å². The fraction of sp³-hybridized carbons (Fsp3) is 0.375. The van der Waals surface area contributed by atoms with Crippen LogP contribution in [0.5, 0.6) is 0 Å². The summed E-state index contributed by atoms with van der Waals surface area (Å²) in [6.07, 6.45) is 1.20. The molecule has 6 nitrogen and oxygen atoms in total. The summed E-state index contributed by atoms with van der Waals surface area (Å²) in [5.74, 6) is 2.51. The van der Waals surface area contributed by atoms with Crippen LogP contribution in [0.25, 0.3) is 16.8 Å². The highest BCUT2D eigenvalue weighted by Crippen LogP contribution is 2.28. The second-order valence-electron chi connectivity index (χ2n) is 8.71. The molecule has 0 aliphatic carbocycles. The molecule has 1 aliphatic rings. The zero-order valence-electron chi connectivity index (χ0n) is 17.9. The van der Waals surface area contributed by atoms with E-state index in [2.05, 4.69) is 69.4 Å². The summed E-state index contributed by atoms with van der Waals surface area (Å²) in [7, 11) is 0. The summed E-state index contributed by atoms with van der Waals surface area (Å²) in [5, 5.41) is 9.70. The molecule has 4 aromatic rings. The standard InChI is InChI=1S/C24H27N5OS/c1-17-12-18(2)14-27(13-17)22(30)16-31-24-26-25-23-28(15-19-8-4-3-5-9-19)20-10-6-7-11-21(20)29(23)24/h3-11,17-18H,12-16H2,1-2H3. The first kappa shape index (κ1) is 20.1. The van der Waals surface area contributed by atoms with Crippen molar-refractivity contribution in [3.05, 3.63) is 60.2 Å². The maximum atomic E-state index is 12.9. The molecule has 1 aliphatic heterocycles. The van der Waals surface area contributed by atoms with Crippen LogP contribution < -0.4 is 0 Å². The Balaban J connectivity index is 1.43. The van der Waals surface area contributed by atoms with Gasteiger partial charge in [-0.3, -0.25) is 9.20 Å². The summed E-state index contributed by atoms with van der Waals surface area (Å²) >= 11 is 1.48. The van der Waals surface area contributed by atoms with Gasteiger partial charge in [-0.25, -0.2) is 0 Å². The van der Waals surface area contributed by atoms with Crippen LogP contribution in [0, 0.1) is 11.8 Å². The van der Waals surface area contributed by atoms with Crippen molar-refractivity contribution in [3.8, 4) is 0 Å². The van der Waals surface area contributed by atoms with Crippen LogP contribution in [0.1, 0.15) is 25.8 Å². The number of likely N-dealkylation sites (tertiary alicyclic amines) is 1. The van der Waals surface area contributed by atoms with E-state index >= 15 is 0 Å². The normalized spacial score (nSPS) is 19.4. The average molecular weight is 434 g/mol. The van der Waals surface area contributed by atoms with Crippen molar-refractivity contribution < 1.29 is 4.79 Å². The second-order valence-corrected chi connectivity index (χ2v) is 9.65. The lowest BCUT2D eigenvalue weighted by Gasteiger charge is -2.34. The molecule has 2 unspecified atom stereocenters. The SMILES string of the molecule is CC1CC(C)CN(C(=O)CSc2nnc3n(Cc4ccccc4)c4ccccc4n23)C1. The monoisotopic (exact) mass is 433 g/mol. The van der Waals surface area contributed by atoms with E-state index in [0.717, 1.165) is 41.6 Å². The van der Waals surface area contributed by atoms with E-state index < -0.39 is 0 Å². The minimum absolute atomic E-state index is 0.188. The van der Waals surface area contributed by atoms with E-state index in [0.29, 0.717) is 17.6 Å². The molecule has 2 atom stereocenters. The summed E-state index contributed by atoms with van der Waals surface area (Å²) in [5.41, 5.74) is 3.39. The average Bonchev–Trinajstić information content (AvgIpc) is 3.32. The third kappa shape index (κ3) is 3.94. The molecule has 2 aromatic carbocycles. The molecule has 1 fully saturated rings. The van der Waals surface area contributed by atoms with E-state index in [-0.39, 0.29) is 5.91 Å². The zero-order chi connectivity index (χ0) is 21.4. The lowest BCUT2D eigenvalue weighted by molar-refractivity contribution is -0.130. The van der Waals surface area contributed by atoms with E-state index in [1.807, 2.05) is 23.1 Å². The van der Waals surface area contributed by atoms with Gasteiger partial charge in [-0.05, 0) is 36.0 Å². The van der Waals surface area contributed by atoms with Crippen molar-refractivity contribution in [1.29, 1.82) is 0 Å². The maximum Gasteiger partial charge on any atom is 0.237 e. The molecule has 31 heavy (non-hydrogen) atoms. The molecule has 0 bridgehead atoms. The Morgan fingerprint density at radius 1 is 0.968 bits per heavy atom. The van der Waals surface area contributed by atoms with E-state index in [1.54, 1.807) is 0 Å². The van der Waals surface area contributed by atoms with E-state index in [4.69, 9.17) is 0 Å². The van der Waals surface area contributed by atoms with Crippen molar-refractivity contribution in [2.75, 3.05) is 18.8 Å². The van der Waals surface area contributed by atoms with Crippen molar-refractivity contribution in [1.82, 2.24) is 24.1 Å². The smallest absolute Gasteiger partial charge is 0.237 e. The number of amides is 1. The van der Waals surface area contributed by atoms with Gasteiger partial charge in [-0.1, -0.05) is 68.1 Å². The Morgan fingerprint density at radius 2 is 1.65 bits per heavy atom. The molecule has 2 aromatic heterocycles. The van der Waals surface area contributed by atoms with Gasteiger partial charge in [-0.15, -0.1) is 10.2 Å². The topological polar surface area (TPSA) is 55.4 Å². The number of hydrogen-bond donors (Lipinski definition) is 0. The van der Waals surface area contributed by atoms with Crippen LogP contribution in [0.3, 0.4) is 0 Å². The fourth-order valence-corrected chi connectivity index (χ4v) is 5.58. The number of aromatic nitrogens is 4. The first-order chi connectivity index (χ1) is 15.1. The fourth-order valence-electron chi connectivity index (χ4n) is 4.74. The van der Waals surface area contributed by atoms with Gasteiger partial charge >= 0.3 is 0 Å². The number of hydrogen-bond acceptors (Lipinski definition) is 4. The van der Waals surface area contributed by atoms with Gasteiger partial charge in [0.1, 0.15) is 0 Å². The highest BCUT2D eigenvalue weighted by molar-refractivity contribution is 7.99. The molecule has 0 radical (unpaired) electrons. The number of carbonyl (C=O) groups is 1. The van der Waals surface area contributed by atoms with Crippen LogP contribution in [0.2, 0.25) is 0 Å².